The van der Waals surface area contributed by atoms with E-state index in [9.17, 15) is 32.8 Å². The van der Waals surface area contributed by atoms with Crippen molar-refractivity contribution in [3.63, 3.8) is 0 Å². The first-order chi connectivity index (χ1) is 22.4. The third-order valence-corrected chi connectivity index (χ3v) is 7.12. The molecule has 1 saturated heterocycles. The van der Waals surface area contributed by atoms with Crippen LogP contribution in [0.15, 0.2) is 60.8 Å². The van der Waals surface area contributed by atoms with Gasteiger partial charge >= 0.3 is 23.9 Å². The van der Waals surface area contributed by atoms with Crippen LogP contribution in [0.25, 0.3) is 0 Å². The van der Waals surface area contributed by atoms with Crippen LogP contribution in [0.3, 0.4) is 0 Å². The van der Waals surface area contributed by atoms with Crippen molar-refractivity contribution >= 4 is 29.8 Å². The molecule has 0 aliphatic carbocycles. The Labute approximate surface area is 268 Å². The third-order valence-electron chi connectivity index (χ3n) is 7.12. The number of ether oxygens (including phenoxy) is 5. The number of hydrogen-bond donors (Lipinski definition) is 1. The van der Waals surface area contributed by atoms with Gasteiger partial charge in [-0.3, -0.25) is 14.4 Å². The zero-order valence-corrected chi connectivity index (χ0v) is 25.9. The Balaban J connectivity index is 1.60. The standard InChI is InChI=1S/C33H32F2N2O10/c1-17(2)30(39)46-27-18(3)45-33(42)24(16-44-32(41)21(27)14-19-8-6-5-7-9-19)37-29(38)26-28(25(43-4)12-13-36-26)47-31(40)20-10-11-22(34)23(35)15-20/h5-13,15,17-18,21,24,27H,14,16H2,1-4H3,(H,37,38). The molecule has 14 heteroatoms. The molecule has 2 heterocycles. The molecule has 0 saturated carbocycles. The molecule has 0 spiro atoms. The lowest BCUT2D eigenvalue weighted by Gasteiger charge is -2.29. The Morgan fingerprint density at radius 1 is 1.02 bits per heavy atom. The maximum Gasteiger partial charge on any atom is 0.343 e. The number of carbonyl (C=O) groups is 5. The predicted octanol–water partition coefficient (Wildman–Crippen LogP) is 3.60. The van der Waals surface area contributed by atoms with Gasteiger partial charge in [0.25, 0.3) is 5.91 Å². The highest BCUT2D eigenvalue weighted by Crippen LogP contribution is 2.31. The van der Waals surface area contributed by atoms with Crippen LogP contribution in [0.4, 0.5) is 8.78 Å². The number of carbonyl (C=O) groups excluding carboxylic acids is 5. The van der Waals surface area contributed by atoms with Crippen LogP contribution >= 0.6 is 0 Å². The van der Waals surface area contributed by atoms with Crippen LogP contribution in [-0.4, -0.2) is 66.7 Å². The van der Waals surface area contributed by atoms with Gasteiger partial charge in [0, 0.05) is 12.3 Å². The van der Waals surface area contributed by atoms with E-state index in [2.05, 4.69) is 10.3 Å². The maximum absolute atomic E-state index is 13.7. The minimum absolute atomic E-state index is 0.0923. The lowest BCUT2D eigenvalue weighted by Crippen LogP contribution is -2.47. The quantitative estimate of drug-likeness (QED) is 0.266. The minimum Gasteiger partial charge on any atom is -0.493 e. The van der Waals surface area contributed by atoms with E-state index in [-0.39, 0.29) is 17.7 Å². The molecule has 1 fully saturated rings. The Bertz CT molecular complexity index is 1650. The van der Waals surface area contributed by atoms with Gasteiger partial charge in [-0.25, -0.2) is 23.4 Å². The molecule has 4 rings (SSSR count). The van der Waals surface area contributed by atoms with E-state index in [1.165, 1.54) is 20.1 Å². The maximum atomic E-state index is 13.7. The average Bonchev–Trinajstić information content (AvgIpc) is 3.08. The fraction of sp³-hybridized carbons (Fsp3) is 0.333. The van der Waals surface area contributed by atoms with E-state index in [1.807, 2.05) is 0 Å². The van der Waals surface area contributed by atoms with Crippen LogP contribution in [0.2, 0.25) is 0 Å². The number of halogens is 2. The topological polar surface area (TPSA) is 156 Å². The van der Waals surface area contributed by atoms with Crippen LogP contribution in [0.1, 0.15) is 47.2 Å². The van der Waals surface area contributed by atoms with Crippen molar-refractivity contribution in [1.29, 1.82) is 0 Å². The van der Waals surface area contributed by atoms with Crippen LogP contribution in [-0.2, 0) is 35.0 Å². The summed E-state index contributed by atoms with van der Waals surface area (Å²) in [7, 11) is 1.22. The Morgan fingerprint density at radius 3 is 2.40 bits per heavy atom. The molecule has 3 aromatic rings. The van der Waals surface area contributed by atoms with E-state index in [1.54, 1.807) is 44.2 Å². The summed E-state index contributed by atoms with van der Waals surface area (Å²) in [5.41, 5.74) is -0.171. The molecule has 1 aliphatic heterocycles. The van der Waals surface area contributed by atoms with Gasteiger partial charge in [0.1, 0.15) is 18.6 Å². The van der Waals surface area contributed by atoms with Gasteiger partial charge in [-0.2, -0.15) is 0 Å². The van der Waals surface area contributed by atoms with E-state index < -0.39 is 89.6 Å². The van der Waals surface area contributed by atoms with Crippen molar-refractivity contribution in [2.24, 2.45) is 11.8 Å². The molecule has 2 aromatic carbocycles. The van der Waals surface area contributed by atoms with Gasteiger partial charge in [-0.1, -0.05) is 44.2 Å². The van der Waals surface area contributed by atoms with E-state index in [4.69, 9.17) is 23.7 Å². The molecule has 1 N–H and O–H groups in total. The molecule has 1 aliphatic rings. The zero-order valence-electron chi connectivity index (χ0n) is 25.9. The number of aromatic nitrogens is 1. The van der Waals surface area contributed by atoms with Gasteiger partial charge < -0.3 is 29.0 Å². The monoisotopic (exact) mass is 654 g/mol. The molecule has 12 nitrogen and oxygen atoms in total. The number of nitrogens with one attached hydrogen (secondary N) is 1. The van der Waals surface area contributed by atoms with E-state index in [0.717, 1.165) is 23.9 Å². The third kappa shape index (κ3) is 8.45. The van der Waals surface area contributed by atoms with Crippen molar-refractivity contribution in [3.05, 3.63) is 89.2 Å². The highest BCUT2D eigenvalue weighted by atomic mass is 19.2. The van der Waals surface area contributed by atoms with Crippen molar-refractivity contribution in [3.8, 4) is 11.5 Å². The summed E-state index contributed by atoms with van der Waals surface area (Å²) in [4.78, 5) is 69.5. The second-order valence-electron chi connectivity index (χ2n) is 10.9. The number of benzene rings is 2. The molecular weight excluding hydrogens is 622 g/mol. The molecule has 0 radical (unpaired) electrons. The molecule has 1 aromatic heterocycles. The molecule has 248 valence electrons. The second-order valence-corrected chi connectivity index (χ2v) is 10.9. The Hall–Kier alpha value is -5.40. The number of pyridine rings is 1. The molecule has 4 unspecified atom stereocenters. The number of hydrogen-bond acceptors (Lipinski definition) is 11. The minimum atomic E-state index is -1.58. The lowest BCUT2D eigenvalue weighted by atomic mass is 9.91. The Kier molecular flexibility index (Phi) is 11.2. The summed E-state index contributed by atoms with van der Waals surface area (Å²) < 4.78 is 54.3. The van der Waals surface area contributed by atoms with Gasteiger partial charge in [-0.15, -0.1) is 0 Å². The summed E-state index contributed by atoms with van der Waals surface area (Å²) in [6.07, 6.45) is -1.12. The summed E-state index contributed by atoms with van der Waals surface area (Å²) in [6, 6.07) is 10.9. The smallest absolute Gasteiger partial charge is 0.343 e. The fourth-order valence-electron chi connectivity index (χ4n) is 4.60. The lowest BCUT2D eigenvalue weighted by molar-refractivity contribution is -0.176. The van der Waals surface area contributed by atoms with Gasteiger partial charge in [0.15, 0.2) is 35.2 Å². The molecule has 0 bridgehead atoms. The average molecular weight is 655 g/mol. The number of nitrogens with zero attached hydrogens (tertiary/aromatic N) is 1. The van der Waals surface area contributed by atoms with Gasteiger partial charge in [0.2, 0.25) is 5.75 Å². The van der Waals surface area contributed by atoms with Gasteiger partial charge in [-0.05, 0) is 37.1 Å². The number of esters is 4. The summed E-state index contributed by atoms with van der Waals surface area (Å²) in [6.45, 7) is 4.01. The van der Waals surface area contributed by atoms with Crippen molar-refractivity contribution in [2.45, 2.75) is 45.4 Å². The molecular formula is C33H32F2N2O10. The first-order valence-corrected chi connectivity index (χ1v) is 14.5. The normalized spacial score (nSPS) is 19.7. The largest absolute Gasteiger partial charge is 0.493 e. The molecule has 1 amide bonds. The SMILES string of the molecule is COc1ccnc(C(=O)NC2COC(=O)C(Cc3ccccc3)C(OC(=O)C(C)C)C(C)OC2=O)c1OC(=O)c1ccc(F)c(F)c1. The van der Waals surface area contributed by atoms with Crippen LogP contribution < -0.4 is 14.8 Å². The molecule has 47 heavy (non-hydrogen) atoms. The Morgan fingerprint density at radius 2 is 1.74 bits per heavy atom. The summed E-state index contributed by atoms with van der Waals surface area (Å²) >= 11 is 0. The fourth-order valence-corrected chi connectivity index (χ4v) is 4.60. The number of cyclic esters (lactones) is 2. The number of rotatable bonds is 9. The van der Waals surface area contributed by atoms with Crippen molar-refractivity contribution < 1.29 is 56.4 Å². The second kappa shape index (κ2) is 15.3. The number of methoxy groups -OCH3 is 1. The van der Waals surface area contributed by atoms with Crippen LogP contribution in [0.5, 0.6) is 11.5 Å². The predicted molar refractivity (Wildman–Crippen MR) is 158 cm³/mol. The highest BCUT2D eigenvalue weighted by molar-refractivity contribution is 6.00. The van der Waals surface area contributed by atoms with Crippen LogP contribution in [0, 0.1) is 23.5 Å². The van der Waals surface area contributed by atoms with Crippen molar-refractivity contribution in [2.75, 3.05) is 13.7 Å². The van der Waals surface area contributed by atoms with E-state index >= 15 is 0 Å². The van der Waals surface area contributed by atoms with Gasteiger partial charge in [0.05, 0.1) is 18.6 Å². The highest BCUT2D eigenvalue weighted by Gasteiger charge is 2.42. The van der Waals surface area contributed by atoms with E-state index in [0.29, 0.717) is 6.07 Å². The first kappa shape index (κ1) is 34.5. The first-order valence-electron chi connectivity index (χ1n) is 14.5. The van der Waals surface area contributed by atoms with Crippen molar-refractivity contribution in [1.82, 2.24) is 10.3 Å². The summed E-state index contributed by atoms with van der Waals surface area (Å²) in [5, 5.41) is 2.36. The molecule has 4 atom stereocenters. The zero-order chi connectivity index (χ0) is 34.2. The summed E-state index contributed by atoms with van der Waals surface area (Å²) in [5.74, 6) is -9.41. The number of amides is 1.